The molecule has 0 aliphatic heterocycles. The molecule has 0 saturated carbocycles. The number of fused-ring (bicyclic) bond motifs is 1. The maximum atomic E-state index is 13.8. The maximum Gasteiger partial charge on any atom is 0.433 e. The van der Waals surface area contributed by atoms with Crippen molar-refractivity contribution in [3.63, 3.8) is 0 Å². The highest BCUT2D eigenvalue weighted by Crippen LogP contribution is 2.33. The van der Waals surface area contributed by atoms with Crippen molar-refractivity contribution in [2.45, 2.75) is 25.9 Å². The van der Waals surface area contributed by atoms with E-state index in [0.29, 0.717) is 10.1 Å². The van der Waals surface area contributed by atoms with Crippen LogP contribution in [0.3, 0.4) is 0 Å². The van der Waals surface area contributed by atoms with Gasteiger partial charge in [-0.05, 0) is 29.7 Å². The molecule has 9 heteroatoms. The molecule has 2 heterocycles. The van der Waals surface area contributed by atoms with Crippen LogP contribution >= 0.6 is 0 Å². The quantitative estimate of drug-likeness (QED) is 0.436. The summed E-state index contributed by atoms with van der Waals surface area (Å²) in [5.41, 5.74) is 0.613. The van der Waals surface area contributed by atoms with Gasteiger partial charge in [-0.25, -0.2) is 9.50 Å². The zero-order chi connectivity index (χ0) is 23.8. The number of carbonyl (C=O) groups is 1. The Labute approximate surface area is 187 Å². The van der Waals surface area contributed by atoms with Crippen LogP contribution < -0.4 is 5.32 Å². The first-order valence-electron chi connectivity index (χ1n) is 10.1. The molecular formula is C24H18F3N5O. The molecule has 1 amide bonds. The van der Waals surface area contributed by atoms with E-state index in [1.54, 1.807) is 24.3 Å². The van der Waals surface area contributed by atoms with Crippen molar-refractivity contribution in [1.82, 2.24) is 14.6 Å². The molecule has 2 aromatic heterocycles. The van der Waals surface area contributed by atoms with E-state index in [0.717, 1.165) is 17.8 Å². The van der Waals surface area contributed by atoms with Gasteiger partial charge in [0.15, 0.2) is 11.3 Å². The number of aromatic nitrogens is 3. The summed E-state index contributed by atoms with van der Waals surface area (Å²) in [6, 6.07) is 16.3. The van der Waals surface area contributed by atoms with E-state index in [2.05, 4.69) is 15.4 Å². The van der Waals surface area contributed by atoms with Gasteiger partial charge in [0.05, 0.1) is 23.1 Å². The molecule has 166 valence electrons. The number of alkyl halides is 3. The molecule has 0 saturated heterocycles. The predicted octanol–water partition coefficient (Wildman–Crippen LogP) is 5.66. The lowest BCUT2D eigenvalue weighted by molar-refractivity contribution is -0.142. The van der Waals surface area contributed by atoms with Crippen molar-refractivity contribution < 1.29 is 18.0 Å². The first-order chi connectivity index (χ1) is 15.7. The van der Waals surface area contributed by atoms with Crippen LogP contribution in [-0.2, 0) is 6.18 Å². The number of nitrogens with one attached hydrogen (secondary N) is 1. The fourth-order valence-corrected chi connectivity index (χ4v) is 3.39. The molecule has 2 aromatic carbocycles. The summed E-state index contributed by atoms with van der Waals surface area (Å²) >= 11 is 0. The number of nitrogens with zero attached hydrogens (tertiary/aromatic N) is 4. The number of carbonyl (C=O) groups excluding carboxylic acids is 1. The average molecular weight is 449 g/mol. The fourth-order valence-electron chi connectivity index (χ4n) is 3.39. The number of hydrogen-bond acceptors (Lipinski definition) is 4. The summed E-state index contributed by atoms with van der Waals surface area (Å²) in [6.07, 6.45) is -3.69. The van der Waals surface area contributed by atoms with E-state index >= 15 is 0 Å². The molecule has 0 atom stereocenters. The van der Waals surface area contributed by atoms with Gasteiger partial charge in [-0.3, -0.25) is 4.79 Å². The van der Waals surface area contributed by atoms with Crippen molar-refractivity contribution in [3.05, 3.63) is 83.2 Å². The largest absolute Gasteiger partial charge is 0.433 e. The van der Waals surface area contributed by atoms with Crippen molar-refractivity contribution in [2.75, 3.05) is 5.32 Å². The van der Waals surface area contributed by atoms with Crippen LogP contribution in [0.2, 0.25) is 0 Å². The summed E-state index contributed by atoms with van der Waals surface area (Å²) < 4.78 is 42.1. The Morgan fingerprint density at radius 2 is 1.82 bits per heavy atom. The summed E-state index contributed by atoms with van der Waals surface area (Å²) in [5, 5.41) is 15.5. The van der Waals surface area contributed by atoms with E-state index < -0.39 is 17.8 Å². The molecule has 0 aliphatic rings. The Morgan fingerprint density at radius 3 is 2.45 bits per heavy atom. The molecule has 1 N–H and O–H groups in total. The monoisotopic (exact) mass is 449 g/mol. The van der Waals surface area contributed by atoms with Gasteiger partial charge in [0.25, 0.3) is 5.91 Å². The number of hydrogen-bond donors (Lipinski definition) is 1. The Hall–Kier alpha value is -4.19. The van der Waals surface area contributed by atoms with Gasteiger partial charge in [0.1, 0.15) is 11.6 Å². The summed E-state index contributed by atoms with van der Waals surface area (Å²) in [4.78, 5) is 17.2. The van der Waals surface area contributed by atoms with Crippen LogP contribution in [-0.4, -0.2) is 20.5 Å². The van der Waals surface area contributed by atoms with Crippen LogP contribution in [0.4, 0.5) is 18.9 Å². The van der Waals surface area contributed by atoms with Crippen LogP contribution in [0.15, 0.2) is 60.8 Å². The number of benzene rings is 2. The number of rotatable bonds is 4. The molecule has 4 rings (SSSR count). The van der Waals surface area contributed by atoms with Crippen LogP contribution in [0.5, 0.6) is 0 Å². The fraction of sp³-hybridized carbons (Fsp3) is 0.167. The molecule has 33 heavy (non-hydrogen) atoms. The van der Waals surface area contributed by atoms with E-state index in [4.69, 9.17) is 0 Å². The molecule has 0 unspecified atom stereocenters. The second-order valence-electron chi connectivity index (χ2n) is 7.71. The van der Waals surface area contributed by atoms with Crippen LogP contribution in [0, 0.1) is 11.3 Å². The molecule has 4 aromatic rings. The van der Waals surface area contributed by atoms with Crippen LogP contribution in [0.25, 0.3) is 16.9 Å². The molecule has 0 radical (unpaired) electrons. The molecule has 0 aliphatic carbocycles. The van der Waals surface area contributed by atoms with Gasteiger partial charge in [-0.1, -0.05) is 50.2 Å². The first-order valence-corrected chi connectivity index (χ1v) is 10.1. The lowest BCUT2D eigenvalue weighted by Crippen LogP contribution is -2.16. The van der Waals surface area contributed by atoms with Crippen molar-refractivity contribution in [2.24, 2.45) is 0 Å². The highest BCUT2D eigenvalue weighted by atomic mass is 19.4. The number of halogens is 3. The Bertz CT molecular complexity index is 1380. The van der Waals surface area contributed by atoms with Crippen molar-refractivity contribution in [1.29, 1.82) is 5.26 Å². The highest BCUT2D eigenvalue weighted by Gasteiger charge is 2.36. The first kappa shape index (κ1) is 22.0. The van der Waals surface area contributed by atoms with E-state index in [1.807, 2.05) is 32.0 Å². The highest BCUT2D eigenvalue weighted by molar-refractivity contribution is 6.08. The number of nitriles is 1. The third-order valence-corrected chi connectivity index (χ3v) is 5.18. The van der Waals surface area contributed by atoms with Gasteiger partial charge in [0, 0.05) is 5.56 Å². The predicted molar refractivity (Wildman–Crippen MR) is 117 cm³/mol. The third kappa shape index (κ3) is 4.28. The maximum absolute atomic E-state index is 13.8. The topological polar surface area (TPSA) is 83.1 Å². The van der Waals surface area contributed by atoms with Gasteiger partial charge in [0.2, 0.25) is 0 Å². The molecule has 0 spiro atoms. The molecular weight excluding hydrogens is 431 g/mol. The minimum absolute atomic E-state index is 0.0668. The second kappa shape index (κ2) is 8.39. The van der Waals surface area contributed by atoms with Gasteiger partial charge in [-0.2, -0.15) is 23.5 Å². The SMILES string of the molecule is CC(C)c1ccc(-c2cc(C(F)(F)F)n3ncc(C(=O)Nc4ccccc4C#N)c3n2)cc1. The zero-order valence-electron chi connectivity index (χ0n) is 17.7. The van der Waals surface area contributed by atoms with E-state index in [1.165, 1.54) is 12.1 Å². The van der Waals surface area contributed by atoms with Gasteiger partial charge < -0.3 is 5.32 Å². The van der Waals surface area contributed by atoms with Gasteiger partial charge in [-0.15, -0.1) is 0 Å². The summed E-state index contributed by atoms with van der Waals surface area (Å²) in [7, 11) is 0. The summed E-state index contributed by atoms with van der Waals surface area (Å²) in [6.45, 7) is 4.03. The number of amides is 1. The smallest absolute Gasteiger partial charge is 0.321 e. The standard InChI is InChI=1S/C24H18F3N5O/c1-14(2)15-7-9-16(10-8-15)20-11-21(24(25,26)27)32-22(30-20)18(13-29-32)23(33)31-19-6-4-3-5-17(19)12-28/h3-11,13-14H,1-2H3,(H,31,33). The van der Waals surface area contributed by atoms with Gasteiger partial charge >= 0.3 is 6.18 Å². The lowest BCUT2D eigenvalue weighted by atomic mass is 10.0. The van der Waals surface area contributed by atoms with Crippen molar-refractivity contribution >= 4 is 17.2 Å². The van der Waals surface area contributed by atoms with E-state index in [9.17, 15) is 23.2 Å². The summed E-state index contributed by atoms with van der Waals surface area (Å²) in [5.74, 6) is -0.456. The number of anilines is 1. The van der Waals surface area contributed by atoms with Crippen molar-refractivity contribution in [3.8, 4) is 17.3 Å². The Balaban J connectivity index is 1.83. The Kier molecular flexibility index (Phi) is 5.60. The third-order valence-electron chi connectivity index (χ3n) is 5.18. The average Bonchev–Trinajstić information content (AvgIpc) is 3.22. The molecule has 0 bridgehead atoms. The molecule has 0 fully saturated rings. The number of para-hydroxylation sites is 1. The normalized spacial score (nSPS) is 11.5. The zero-order valence-corrected chi connectivity index (χ0v) is 17.7. The lowest BCUT2D eigenvalue weighted by Gasteiger charge is -2.12. The minimum atomic E-state index is -4.72. The van der Waals surface area contributed by atoms with Crippen LogP contribution in [0.1, 0.15) is 46.9 Å². The minimum Gasteiger partial charge on any atom is -0.321 e. The second-order valence-corrected chi connectivity index (χ2v) is 7.71. The Morgan fingerprint density at radius 1 is 1.12 bits per heavy atom. The van der Waals surface area contributed by atoms with E-state index in [-0.39, 0.29) is 34.1 Å². The molecule has 6 nitrogen and oxygen atoms in total.